The molecule has 3 aromatic rings. The number of aromatic nitrogens is 1. The molecule has 1 N–H and O–H groups in total. The highest BCUT2D eigenvalue weighted by Crippen LogP contribution is 2.47. The minimum Gasteiger partial charge on any atom is -0.342 e. The lowest BCUT2D eigenvalue weighted by molar-refractivity contribution is -0.126. The molecule has 6 rings (SSSR count). The second-order valence-electron chi connectivity index (χ2n) is 12.9. The van der Waals surface area contributed by atoms with E-state index in [4.69, 9.17) is 0 Å². The van der Waals surface area contributed by atoms with Gasteiger partial charge in [0.05, 0.1) is 12.2 Å². The van der Waals surface area contributed by atoms with Gasteiger partial charge in [-0.3, -0.25) is 9.59 Å². The molecule has 0 spiro atoms. The number of amides is 2. The number of rotatable bonds is 7. The molecule has 0 bridgehead atoms. The van der Waals surface area contributed by atoms with Crippen molar-refractivity contribution in [2.24, 2.45) is 5.92 Å². The number of fused-ring (bicyclic) bond motifs is 5. The van der Waals surface area contributed by atoms with Crippen molar-refractivity contribution >= 4 is 51.6 Å². The predicted octanol–water partition coefficient (Wildman–Crippen LogP) is 6.23. The number of hydrogen-bond donors (Lipinski definition) is 2. The summed E-state index contributed by atoms with van der Waals surface area (Å²) in [7, 11) is 0.703. The Morgan fingerprint density at radius 3 is 2.36 bits per heavy atom. The maximum atomic E-state index is 14.1. The Morgan fingerprint density at radius 1 is 0.955 bits per heavy atom. The fourth-order valence-electron chi connectivity index (χ4n) is 7.37. The summed E-state index contributed by atoms with van der Waals surface area (Å²) in [5.74, 6) is 0.203. The third-order valence-corrected chi connectivity index (χ3v) is 11.3. The number of carbonyl (C=O) groups is 2. The van der Waals surface area contributed by atoms with E-state index in [1.54, 1.807) is 12.1 Å². The van der Waals surface area contributed by atoms with Gasteiger partial charge >= 0.3 is 10.2 Å². The van der Waals surface area contributed by atoms with Gasteiger partial charge in [-0.05, 0) is 79.0 Å². The molecule has 0 atom stereocenters. The van der Waals surface area contributed by atoms with Gasteiger partial charge in [-0.15, -0.1) is 12.6 Å². The number of carbonyl (C=O) groups excluding carboxylic acids is 2. The van der Waals surface area contributed by atoms with Crippen molar-refractivity contribution in [2.75, 3.05) is 27.7 Å². The number of likely N-dealkylation sites (N-methyl/N-ethyl adjacent to an activating group) is 1. The van der Waals surface area contributed by atoms with Gasteiger partial charge in [0.2, 0.25) is 0 Å². The first-order valence-corrected chi connectivity index (χ1v) is 17.6. The van der Waals surface area contributed by atoms with Crippen LogP contribution >= 0.6 is 12.6 Å². The smallest absolute Gasteiger partial charge is 0.303 e. The van der Waals surface area contributed by atoms with Crippen LogP contribution in [0.4, 0.5) is 0 Å². The largest absolute Gasteiger partial charge is 0.342 e. The molecule has 1 aromatic heterocycles. The van der Waals surface area contributed by atoms with Crippen molar-refractivity contribution in [1.82, 2.24) is 18.5 Å². The first-order valence-electron chi connectivity index (χ1n) is 15.7. The Morgan fingerprint density at radius 2 is 1.66 bits per heavy atom. The zero-order valence-electron chi connectivity index (χ0n) is 25.8. The van der Waals surface area contributed by atoms with Gasteiger partial charge in [0.15, 0.2) is 0 Å². The van der Waals surface area contributed by atoms with Crippen LogP contribution in [0.1, 0.15) is 85.2 Å². The van der Waals surface area contributed by atoms with Crippen LogP contribution in [-0.2, 0) is 21.5 Å². The van der Waals surface area contributed by atoms with Gasteiger partial charge in [-0.1, -0.05) is 44.2 Å². The normalized spacial score (nSPS) is 17.7. The highest BCUT2D eigenvalue weighted by Gasteiger charge is 2.32. The molecule has 234 valence electrons. The summed E-state index contributed by atoms with van der Waals surface area (Å²) in [5.41, 5.74) is 6.10. The molecule has 2 heterocycles. The van der Waals surface area contributed by atoms with Crippen LogP contribution in [0.25, 0.3) is 28.2 Å². The lowest BCUT2D eigenvalue weighted by Crippen LogP contribution is -2.39. The molecule has 0 unspecified atom stereocenters. The van der Waals surface area contributed by atoms with E-state index in [1.807, 2.05) is 36.2 Å². The molecule has 0 saturated heterocycles. The summed E-state index contributed by atoms with van der Waals surface area (Å²) in [6.07, 6.45) is 12.5. The van der Waals surface area contributed by atoms with Gasteiger partial charge in [0.1, 0.15) is 0 Å². The van der Waals surface area contributed by atoms with Crippen LogP contribution in [0.15, 0.2) is 46.9 Å². The predicted molar refractivity (Wildman–Crippen MR) is 178 cm³/mol. The van der Waals surface area contributed by atoms with Gasteiger partial charge < -0.3 is 9.47 Å². The van der Waals surface area contributed by atoms with Crippen molar-refractivity contribution in [2.45, 2.75) is 75.1 Å². The second-order valence-corrected chi connectivity index (χ2v) is 15.3. The molecule has 3 aliphatic rings. The Bertz CT molecular complexity index is 1750. The van der Waals surface area contributed by atoms with E-state index >= 15 is 0 Å². The molecular weight excluding hydrogens is 593 g/mol. The molecule has 44 heavy (non-hydrogen) atoms. The van der Waals surface area contributed by atoms with E-state index in [1.165, 1.54) is 38.9 Å². The van der Waals surface area contributed by atoms with Gasteiger partial charge in [0, 0.05) is 60.2 Å². The van der Waals surface area contributed by atoms with Crippen LogP contribution in [0.5, 0.6) is 0 Å². The van der Waals surface area contributed by atoms with E-state index in [-0.39, 0.29) is 11.5 Å². The quantitative estimate of drug-likeness (QED) is 0.302. The SMILES string of the molecule is CN(CC1CCCC1)C(=O)C1=Cc2cc(S)ccc2-c2c(C3CCCCC3)c3ccc(C(=O)NS(=O)(=O)N(C)C)cc3n2C1. The summed E-state index contributed by atoms with van der Waals surface area (Å²) >= 11 is 4.66. The fourth-order valence-corrected chi connectivity index (χ4v) is 8.12. The molecule has 2 saturated carbocycles. The third kappa shape index (κ3) is 5.96. The van der Waals surface area contributed by atoms with Gasteiger partial charge in [-0.25, -0.2) is 4.72 Å². The zero-order chi connectivity index (χ0) is 31.2. The molecular formula is C34H42N4O4S2. The molecule has 8 nitrogen and oxygen atoms in total. The summed E-state index contributed by atoms with van der Waals surface area (Å²) in [6, 6.07) is 11.6. The topological polar surface area (TPSA) is 91.7 Å². The average molecular weight is 635 g/mol. The molecule has 0 radical (unpaired) electrons. The van der Waals surface area contributed by atoms with E-state index in [0.717, 1.165) is 82.0 Å². The highest BCUT2D eigenvalue weighted by molar-refractivity contribution is 7.87. The van der Waals surface area contributed by atoms with Crippen LogP contribution in [0.2, 0.25) is 0 Å². The fraction of sp³-hybridized carbons (Fsp3) is 0.471. The Labute approximate surface area is 266 Å². The van der Waals surface area contributed by atoms with Crippen molar-refractivity contribution < 1.29 is 18.0 Å². The summed E-state index contributed by atoms with van der Waals surface area (Å²) < 4.78 is 30.3. The van der Waals surface area contributed by atoms with Crippen LogP contribution < -0.4 is 4.72 Å². The Hall–Kier alpha value is -3.08. The van der Waals surface area contributed by atoms with Crippen molar-refractivity contribution in [1.29, 1.82) is 0 Å². The molecule has 2 aliphatic carbocycles. The number of thiol groups is 1. The second kappa shape index (κ2) is 12.4. The molecule has 2 aromatic carbocycles. The lowest BCUT2D eigenvalue weighted by atomic mass is 9.81. The van der Waals surface area contributed by atoms with Crippen molar-refractivity contribution in [3.63, 3.8) is 0 Å². The summed E-state index contributed by atoms with van der Waals surface area (Å²) in [6.45, 7) is 1.09. The summed E-state index contributed by atoms with van der Waals surface area (Å²) in [5, 5.41) is 1.05. The molecule has 2 fully saturated rings. The molecule has 2 amide bonds. The molecule has 1 aliphatic heterocycles. The van der Waals surface area contributed by atoms with E-state index in [2.05, 4.69) is 28.0 Å². The number of nitrogens with one attached hydrogen (secondary N) is 1. The first kappa shape index (κ1) is 30.9. The third-order valence-electron chi connectivity index (χ3n) is 9.66. The summed E-state index contributed by atoms with van der Waals surface area (Å²) in [4.78, 5) is 30.0. The maximum absolute atomic E-state index is 14.1. The van der Waals surface area contributed by atoms with Crippen LogP contribution in [0, 0.1) is 5.92 Å². The van der Waals surface area contributed by atoms with Crippen LogP contribution in [0.3, 0.4) is 0 Å². The minimum absolute atomic E-state index is 0.00677. The lowest BCUT2D eigenvalue weighted by Gasteiger charge is -2.24. The van der Waals surface area contributed by atoms with Gasteiger partial charge in [-0.2, -0.15) is 12.7 Å². The highest BCUT2D eigenvalue weighted by atomic mass is 32.2. The van der Waals surface area contributed by atoms with E-state index < -0.39 is 16.1 Å². The number of benzene rings is 2. The van der Waals surface area contributed by atoms with Crippen molar-refractivity contribution in [3.05, 3.63) is 58.7 Å². The minimum atomic E-state index is -3.96. The Balaban J connectivity index is 1.51. The van der Waals surface area contributed by atoms with Crippen molar-refractivity contribution in [3.8, 4) is 11.3 Å². The monoisotopic (exact) mass is 634 g/mol. The molecule has 10 heteroatoms. The number of hydrogen-bond acceptors (Lipinski definition) is 5. The first-order chi connectivity index (χ1) is 21.0. The standard InChI is InChI=1S/C34H42N4O4S2/c1-36(2)44(41,42)35-33(39)24-13-15-29-30(19-24)38-21-26(34(40)37(3)20-22-9-7-8-10-22)17-25-18-27(43)14-16-28(25)32(38)31(29)23-11-5-4-6-12-23/h13-19,22-23,43H,4-12,20-21H2,1-3H3,(H,35,39). The maximum Gasteiger partial charge on any atom is 0.303 e. The Kier molecular flexibility index (Phi) is 8.69. The van der Waals surface area contributed by atoms with Crippen LogP contribution in [-0.4, -0.2) is 61.7 Å². The zero-order valence-corrected chi connectivity index (χ0v) is 27.5. The van der Waals surface area contributed by atoms with Gasteiger partial charge in [0.25, 0.3) is 11.8 Å². The van der Waals surface area contributed by atoms with E-state index in [0.29, 0.717) is 24.0 Å². The number of nitrogens with zero attached hydrogens (tertiary/aromatic N) is 3. The van der Waals surface area contributed by atoms with E-state index in [9.17, 15) is 18.0 Å². The average Bonchev–Trinajstić information content (AvgIpc) is 3.58.